The number of nitrogen functional groups attached to an aromatic ring is 2. The van der Waals surface area contributed by atoms with Gasteiger partial charge in [-0.2, -0.15) is 18.9 Å². The van der Waals surface area contributed by atoms with Crippen molar-refractivity contribution in [2.45, 2.75) is 49.5 Å². The number of nitrogens with zero attached hydrogens (tertiary/aromatic N) is 5. The van der Waals surface area contributed by atoms with E-state index in [0.717, 1.165) is 0 Å². The Hall–Kier alpha value is -2.32. The SMILES string of the molecule is Nc1nc2c(ncn2[C@@H]2O[C@@H]3CO[P+](O)(S)O[C@H]4[C@H](F)[C@H](n5ccc6c(N)ccnc65)O[C@@H]4COP(O)(=S)O[C@@H]2C3)c(=O)[nH]1. The number of nitrogens with one attached hydrogen (secondary N) is 1. The van der Waals surface area contributed by atoms with Crippen LogP contribution in [0.1, 0.15) is 18.9 Å². The highest BCUT2D eigenvalue weighted by Gasteiger charge is 2.56. The van der Waals surface area contributed by atoms with E-state index in [-0.39, 0.29) is 30.1 Å². The Morgan fingerprint density at radius 1 is 1.16 bits per heavy atom. The molecule has 0 radical (unpaired) electrons. The number of nitrogens with two attached hydrogens (primary N) is 2. The summed E-state index contributed by atoms with van der Waals surface area (Å²) in [5.41, 5.74) is 12.1. The second kappa shape index (κ2) is 11.2. The van der Waals surface area contributed by atoms with Crippen LogP contribution in [0.15, 0.2) is 35.6 Å². The number of aromatic nitrogens is 6. The first-order valence-electron chi connectivity index (χ1n) is 13.1. The molecule has 0 aromatic carbocycles. The second-order valence-corrected chi connectivity index (χ2v) is 16.1. The maximum Gasteiger partial charge on any atom is 0.476 e. The van der Waals surface area contributed by atoms with Gasteiger partial charge in [0.15, 0.2) is 35.9 Å². The van der Waals surface area contributed by atoms with E-state index in [4.69, 9.17) is 50.8 Å². The van der Waals surface area contributed by atoms with Gasteiger partial charge in [0.25, 0.3) is 5.56 Å². The molecule has 9 atom stereocenters. The predicted octanol–water partition coefficient (Wildman–Crippen LogP) is 1.49. The van der Waals surface area contributed by atoms with Crippen LogP contribution in [0.25, 0.3) is 22.2 Å². The monoisotopic (exact) mass is 691 g/mol. The molecule has 3 aliphatic heterocycles. The van der Waals surface area contributed by atoms with Crippen LogP contribution < -0.4 is 17.0 Å². The quantitative estimate of drug-likeness (QED) is 0.129. The fraction of sp³-hybridized carbons (Fsp3) is 0.455. The van der Waals surface area contributed by atoms with Crippen molar-refractivity contribution in [3.63, 3.8) is 0 Å². The molecule has 0 amide bonds. The van der Waals surface area contributed by atoms with E-state index in [1.54, 1.807) is 18.3 Å². The van der Waals surface area contributed by atoms with Crippen molar-refractivity contribution in [3.05, 3.63) is 41.2 Å². The zero-order valence-electron chi connectivity index (χ0n) is 22.3. The minimum absolute atomic E-state index is 0.00694. The Morgan fingerprint density at radius 2 is 1.98 bits per heavy atom. The number of H-pyrrole nitrogens is 1. The third-order valence-corrected chi connectivity index (χ3v) is 10.6. The number of alkyl halides is 1. The van der Waals surface area contributed by atoms with Crippen LogP contribution in [0, 0.1) is 0 Å². The first-order valence-corrected chi connectivity index (χ1v) is 18.4. The number of fused-ring (bicyclic) bond motifs is 5. The average molecular weight is 692 g/mol. The lowest BCUT2D eigenvalue weighted by Crippen LogP contribution is -2.34. The van der Waals surface area contributed by atoms with E-state index in [9.17, 15) is 14.6 Å². The fourth-order valence-corrected chi connectivity index (χ4v) is 8.45. The third-order valence-electron chi connectivity index (χ3n) is 7.42. The number of imidazole rings is 1. The summed E-state index contributed by atoms with van der Waals surface area (Å²) in [4.78, 5) is 49.3. The lowest BCUT2D eigenvalue weighted by Gasteiger charge is -2.26. The number of ether oxygens (including phenoxy) is 2. The molecule has 3 fully saturated rings. The lowest BCUT2D eigenvalue weighted by molar-refractivity contribution is -0.0599. The van der Waals surface area contributed by atoms with Gasteiger partial charge in [-0.25, -0.2) is 14.4 Å². The van der Waals surface area contributed by atoms with Crippen molar-refractivity contribution in [1.29, 1.82) is 0 Å². The molecule has 7 rings (SSSR count). The van der Waals surface area contributed by atoms with Gasteiger partial charge in [0.05, 0.1) is 31.3 Å². The summed E-state index contributed by atoms with van der Waals surface area (Å²) in [6, 6.07) is 3.28. The van der Waals surface area contributed by atoms with Crippen LogP contribution in [-0.4, -0.2) is 82.7 Å². The average Bonchev–Trinajstić information content (AvgIpc) is 3.72. The molecule has 22 heteroatoms. The molecule has 2 unspecified atom stereocenters. The van der Waals surface area contributed by atoms with Crippen LogP contribution in [0.5, 0.6) is 0 Å². The number of anilines is 2. The fourth-order valence-electron chi connectivity index (χ4n) is 5.49. The Labute approximate surface area is 257 Å². The molecule has 2 bridgehead atoms. The van der Waals surface area contributed by atoms with E-state index in [2.05, 4.69) is 32.2 Å². The maximum absolute atomic E-state index is 16.1. The lowest BCUT2D eigenvalue weighted by atomic mass is 10.1. The highest BCUT2D eigenvalue weighted by Crippen LogP contribution is 2.64. The molecule has 7 N–H and O–H groups in total. The maximum atomic E-state index is 16.1. The van der Waals surface area contributed by atoms with E-state index in [1.165, 1.54) is 21.7 Å². The van der Waals surface area contributed by atoms with E-state index < -0.39 is 69.1 Å². The number of halogens is 1. The molecular weight excluding hydrogens is 665 g/mol. The molecular formula is C22H26FN8O9P2S2+. The molecule has 3 saturated heterocycles. The Morgan fingerprint density at radius 3 is 2.80 bits per heavy atom. The number of pyridine rings is 1. The highest BCUT2D eigenvalue weighted by atomic mass is 32.7. The molecule has 7 heterocycles. The van der Waals surface area contributed by atoms with Crippen LogP contribution in [-0.2, 0) is 39.4 Å². The Kier molecular flexibility index (Phi) is 7.71. The molecule has 4 aromatic heterocycles. The zero-order chi connectivity index (χ0) is 31.0. The predicted molar refractivity (Wildman–Crippen MR) is 160 cm³/mol. The molecule has 236 valence electrons. The standard InChI is InChI=1S/C22H25FN8O9P2S2/c23-14-16-13(38-21(14)30-4-2-10-11(24)1-3-26-17(10)30)7-36-41(33,43)39-12-5-9(6-35-42(34,44)40-16)37-20(12)31-8-27-15-18(31)28-22(25)29-19(15)32/h1-4,8-9,12-14,16,20-21,34,44H,5-7H2,(H5-,24,25,26,28,29,32,33,43)/p+1/t9-,12+,13+,14-,16+,20+,21+,41?,42?/m0/s1. The van der Waals surface area contributed by atoms with Crippen molar-refractivity contribution in [2.75, 3.05) is 24.7 Å². The number of hydrogen-bond donors (Lipinski definition) is 6. The number of thiol groups is 1. The van der Waals surface area contributed by atoms with Gasteiger partial charge in [-0.3, -0.25) is 14.3 Å². The smallest absolute Gasteiger partial charge is 0.398 e. The highest BCUT2D eigenvalue weighted by molar-refractivity contribution is 8.47. The van der Waals surface area contributed by atoms with Crippen molar-refractivity contribution in [3.8, 4) is 0 Å². The molecule has 3 aliphatic rings. The zero-order valence-corrected chi connectivity index (χ0v) is 25.8. The van der Waals surface area contributed by atoms with Gasteiger partial charge in [-0.05, 0) is 23.9 Å². The molecule has 0 aliphatic carbocycles. The molecule has 0 saturated carbocycles. The van der Waals surface area contributed by atoms with Crippen molar-refractivity contribution in [2.24, 2.45) is 0 Å². The van der Waals surface area contributed by atoms with Gasteiger partial charge in [0.2, 0.25) is 5.95 Å². The summed E-state index contributed by atoms with van der Waals surface area (Å²) in [5.74, 6) is -0.151. The first-order chi connectivity index (χ1) is 20.9. The molecule has 17 nitrogen and oxygen atoms in total. The van der Waals surface area contributed by atoms with Crippen molar-refractivity contribution in [1.82, 2.24) is 29.1 Å². The number of aromatic amines is 1. The second-order valence-electron chi connectivity index (χ2n) is 10.3. The van der Waals surface area contributed by atoms with Gasteiger partial charge >= 0.3 is 13.9 Å². The van der Waals surface area contributed by atoms with Gasteiger partial charge in [-0.15, -0.1) is 0 Å². The summed E-state index contributed by atoms with van der Waals surface area (Å²) in [7, 11) is -3.99. The van der Waals surface area contributed by atoms with E-state index in [1.807, 2.05) is 0 Å². The van der Waals surface area contributed by atoms with Gasteiger partial charge in [-0.1, -0.05) is 0 Å². The van der Waals surface area contributed by atoms with Gasteiger partial charge < -0.3 is 39.4 Å². The summed E-state index contributed by atoms with van der Waals surface area (Å²) in [6.07, 6.45) is -4.12. The van der Waals surface area contributed by atoms with Crippen LogP contribution in [0.4, 0.5) is 16.0 Å². The topological polar surface area (TPSA) is 229 Å². The largest absolute Gasteiger partial charge is 0.476 e. The molecule has 44 heavy (non-hydrogen) atoms. The normalized spacial score (nSPS) is 36.6. The van der Waals surface area contributed by atoms with E-state index >= 15 is 4.39 Å². The number of hydrogen-bond acceptors (Lipinski definition) is 15. The van der Waals surface area contributed by atoms with Gasteiger partial charge in [0, 0.05) is 29.9 Å². The van der Waals surface area contributed by atoms with E-state index in [0.29, 0.717) is 16.7 Å². The minimum atomic E-state index is -4.04. The van der Waals surface area contributed by atoms with Crippen molar-refractivity contribution >= 4 is 71.8 Å². The van der Waals surface area contributed by atoms with Crippen LogP contribution in [0.3, 0.4) is 0 Å². The Bertz CT molecular complexity index is 1840. The Balaban J connectivity index is 1.18. The molecule has 4 aromatic rings. The van der Waals surface area contributed by atoms with Crippen LogP contribution >= 0.6 is 26.1 Å². The van der Waals surface area contributed by atoms with Crippen LogP contribution in [0.2, 0.25) is 0 Å². The summed E-state index contributed by atoms with van der Waals surface area (Å²) in [6.45, 7) is -4.80. The van der Waals surface area contributed by atoms with Crippen molar-refractivity contribution < 1.29 is 41.7 Å². The summed E-state index contributed by atoms with van der Waals surface area (Å²) >= 11 is 9.49. The molecule has 0 spiro atoms. The summed E-state index contributed by atoms with van der Waals surface area (Å²) < 4.78 is 53.8. The number of rotatable bonds is 2. The third kappa shape index (κ3) is 5.52. The summed E-state index contributed by atoms with van der Waals surface area (Å²) in [5, 5.41) is 0.585. The first kappa shape index (κ1) is 30.3. The minimum Gasteiger partial charge on any atom is -0.398 e. The van der Waals surface area contributed by atoms with Gasteiger partial charge in [0.1, 0.15) is 24.5 Å².